The number of likely N-dealkylation sites (N-methyl/N-ethyl adjacent to an activating group) is 1. The van der Waals surface area contributed by atoms with E-state index in [9.17, 15) is 9.18 Å². The van der Waals surface area contributed by atoms with Gasteiger partial charge in [-0.25, -0.2) is 9.18 Å². The molecule has 17 heavy (non-hydrogen) atoms. The van der Waals surface area contributed by atoms with Gasteiger partial charge < -0.3 is 9.88 Å². The van der Waals surface area contributed by atoms with Crippen molar-refractivity contribution < 1.29 is 4.39 Å². The van der Waals surface area contributed by atoms with Crippen LogP contribution in [0.15, 0.2) is 23.0 Å². The van der Waals surface area contributed by atoms with Gasteiger partial charge in [0.15, 0.2) is 0 Å². The van der Waals surface area contributed by atoms with E-state index in [-0.39, 0.29) is 17.5 Å². The first kappa shape index (κ1) is 10.5. The molecule has 4 nitrogen and oxygen atoms in total. The SMILES string of the molecule is CN1CCC(n2c(=O)[nH]c3cccc(F)c32)C1. The highest BCUT2D eigenvalue weighted by Crippen LogP contribution is 2.24. The number of aromatic nitrogens is 2. The van der Waals surface area contributed by atoms with Gasteiger partial charge in [-0.05, 0) is 32.1 Å². The summed E-state index contributed by atoms with van der Waals surface area (Å²) in [6.45, 7) is 1.74. The van der Waals surface area contributed by atoms with Crippen LogP contribution in [0.5, 0.6) is 0 Å². The van der Waals surface area contributed by atoms with Gasteiger partial charge in [0.1, 0.15) is 11.3 Å². The Hall–Kier alpha value is -1.62. The van der Waals surface area contributed by atoms with E-state index in [4.69, 9.17) is 0 Å². The smallest absolute Gasteiger partial charge is 0.305 e. The molecule has 1 N–H and O–H groups in total. The number of aromatic amines is 1. The first-order valence-corrected chi connectivity index (χ1v) is 5.74. The summed E-state index contributed by atoms with van der Waals surface area (Å²) >= 11 is 0. The Morgan fingerprint density at radius 1 is 1.47 bits per heavy atom. The van der Waals surface area contributed by atoms with Crippen molar-refractivity contribution in [1.82, 2.24) is 14.5 Å². The third kappa shape index (κ3) is 1.58. The molecule has 0 saturated carbocycles. The van der Waals surface area contributed by atoms with Crippen LogP contribution in [0.1, 0.15) is 12.5 Å². The van der Waals surface area contributed by atoms with Crippen LogP contribution in [0, 0.1) is 5.82 Å². The molecule has 2 heterocycles. The minimum Gasteiger partial charge on any atom is -0.305 e. The zero-order valence-corrected chi connectivity index (χ0v) is 9.61. The van der Waals surface area contributed by atoms with E-state index in [0.29, 0.717) is 11.0 Å². The fraction of sp³-hybridized carbons (Fsp3) is 0.417. The number of halogens is 1. The maximum atomic E-state index is 13.8. The molecule has 1 saturated heterocycles. The molecule has 1 aliphatic rings. The van der Waals surface area contributed by atoms with Crippen molar-refractivity contribution in [2.75, 3.05) is 20.1 Å². The number of likely N-dealkylation sites (tertiary alicyclic amines) is 1. The Bertz CT molecular complexity index is 616. The minimum absolute atomic E-state index is 0.0677. The Morgan fingerprint density at radius 2 is 2.29 bits per heavy atom. The molecule has 0 amide bonds. The molecule has 90 valence electrons. The summed E-state index contributed by atoms with van der Waals surface area (Å²) in [5.41, 5.74) is 0.757. The van der Waals surface area contributed by atoms with Crippen molar-refractivity contribution >= 4 is 11.0 Å². The van der Waals surface area contributed by atoms with Gasteiger partial charge in [-0.2, -0.15) is 0 Å². The zero-order chi connectivity index (χ0) is 12.0. The average Bonchev–Trinajstić information content (AvgIpc) is 2.82. The fourth-order valence-electron chi connectivity index (χ4n) is 2.61. The van der Waals surface area contributed by atoms with Gasteiger partial charge >= 0.3 is 5.69 Å². The fourth-order valence-corrected chi connectivity index (χ4v) is 2.61. The van der Waals surface area contributed by atoms with Crippen LogP contribution in [-0.4, -0.2) is 34.6 Å². The Morgan fingerprint density at radius 3 is 3.00 bits per heavy atom. The molecule has 2 aromatic rings. The van der Waals surface area contributed by atoms with E-state index in [1.165, 1.54) is 6.07 Å². The summed E-state index contributed by atoms with van der Waals surface area (Å²) in [5, 5.41) is 0. The molecule has 1 aromatic heterocycles. The number of nitrogens with one attached hydrogen (secondary N) is 1. The lowest BCUT2D eigenvalue weighted by Gasteiger charge is -2.12. The highest BCUT2D eigenvalue weighted by Gasteiger charge is 2.25. The molecular weight excluding hydrogens is 221 g/mol. The number of benzene rings is 1. The standard InChI is InChI=1S/C12H14FN3O/c1-15-6-5-8(7-15)16-11-9(13)3-2-4-10(11)14-12(16)17/h2-4,8H,5-7H2,1H3,(H,14,17). The molecular formula is C12H14FN3O. The number of fused-ring (bicyclic) bond motifs is 1. The number of hydrogen-bond donors (Lipinski definition) is 1. The molecule has 1 aromatic carbocycles. The second-order valence-corrected chi connectivity index (χ2v) is 4.64. The lowest BCUT2D eigenvalue weighted by molar-refractivity contribution is 0.392. The van der Waals surface area contributed by atoms with Crippen LogP contribution in [0.25, 0.3) is 11.0 Å². The quantitative estimate of drug-likeness (QED) is 0.810. The van der Waals surface area contributed by atoms with Crippen molar-refractivity contribution in [3.05, 3.63) is 34.5 Å². The predicted octanol–water partition coefficient (Wildman–Crippen LogP) is 1.35. The lowest BCUT2D eigenvalue weighted by atomic mass is 10.2. The van der Waals surface area contributed by atoms with E-state index in [0.717, 1.165) is 19.5 Å². The van der Waals surface area contributed by atoms with E-state index >= 15 is 0 Å². The Kier molecular flexibility index (Phi) is 2.29. The molecule has 1 atom stereocenters. The molecule has 0 radical (unpaired) electrons. The number of rotatable bonds is 1. The number of imidazole rings is 1. The van der Waals surface area contributed by atoms with E-state index in [2.05, 4.69) is 9.88 Å². The molecule has 0 spiro atoms. The minimum atomic E-state index is -0.338. The summed E-state index contributed by atoms with van der Waals surface area (Å²) in [5.74, 6) is -0.338. The van der Waals surface area contributed by atoms with Gasteiger partial charge in [0.2, 0.25) is 0 Å². The molecule has 0 bridgehead atoms. The van der Waals surface area contributed by atoms with Crippen molar-refractivity contribution in [1.29, 1.82) is 0 Å². The normalized spacial score (nSPS) is 21.4. The number of para-hydroxylation sites is 1. The molecule has 1 unspecified atom stereocenters. The summed E-state index contributed by atoms with van der Waals surface area (Å²) in [6, 6.07) is 4.80. The van der Waals surface area contributed by atoms with Crippen LogP contribution in [0.3, 0.4) is 0 Å². The van der Waals surface area contributed by atoms with Crippen LogP contribution >= 0.6 is 0 Å². The average molecular weight is 235 g/mol. The van der Waals surface area contributed by atoms with E-state index < -0.39 is 0 Å². The largest absolute Gasteiger partial charge is 0.326 e. The van der Waals surface area contributed by atoms with Crippen LogP contribution in [0.4, 0.5) is 4.39 Å². The Labute approximate surface area is 97.7 Å². The summed E-state index contributed by atoms with van der Waals surface area (Å²) < 4.78 is 15.4. The topological polar surface area (TPSA) is 41.0 Å². The second-order valence-electron chi connectivity index (χ2n) is 4.64. The van der Waals surface area contributed by atoms with Gasteiger partial charge in [0.25, 0.3) is 0 Å². The van der Waals surface area contributed by atoms with Gasteiger partial charge in [-0.1, -0.05) is 6.07 Å². The summed E-state index contributed by atoms with van der Waals surface area (Å²) in [4.78, 5) is 16.8. The lowest BCUT2D eigenvalue weighted by Crippen LogP contribution is -2.24. The van der Waals surface area contributed by atoms with Crippen LogP contribution in [-0.2, 0) is 0 Å². The Balaban J connectivity index is 2.21. The van der Waals surface area contributed by atoms with E-state index in [1.54, 1.807) is 16.7 Å². The third-order valence-corrected chi connectivity index (χ3v) is 3.42. The highest BCUT2D eigenvalue weighted by molar-refractivity contribution is 5.75. The summed E-state index contributed by atoms with van der Waals surface area (Å²) in [7, 11) is 2.01. The van der Waals surface area contributed by atoms with Gasteiger partial charge in [-0.15, -0.1) is 0 Å². The monoisotopic (exact) mass is 235 g/mol. The third-order valence-electron chi connectivity index (χ3n) is 3.42. The van der Waals surface area contributed by atoms with Crippen LogP contribution < -0.4 is 5.69 Å². The second kappa shape index (κ2) is 3.70. The molecule has 5 heteroatoms. The van der Waals surface area contributed by atoms with Crippen molar-refractivity contribution in [2.45, 2.75) is 12.5 Å². The number of hydrogen-bond acceptors (Lipinski definition) is 2. The number of nitrogens with zero attached hydrogens (tertiary/aromatic N) is 2. The summed E-state index contributed by atoms with van der Waals surface area (Å²) in [6.07, 6.45) is 0.887. The zero-order valence-electron chi connectivity index (χ0n) is 9.61. The first-order valence-electron chi connectivity index (χ1n) is 5.74. The maximum absolute atomic E-state index is 13.8. The van der Waals surface area contributed by atoms with Gasteiger partial charge in [0.05, 0.1) is 11.6 Å². The van der Waals surface area contributed by atoms with Crippen molar-refractivity contribution in [2.24, 2.45) is 0 Å². The number of H-pyrrole nitrogens is 1. The first-order chi connectivity index (χ1) is 8.16. The van der Waals surface area contributed by atoms with Gasteiger partial charge in [-0.3, -0.25) is 4.57 Å². The van der Waals surface area contributed by atoms with Gasteiger partial charge in [0, 0.05) is 6.54 Å². The van der Waals surface area contributed by atoms with Crippen molar-refractivity contribution in [3.63, 3.8) is 0 Å². The highest BCUT2D eigenvalue weighted by atomic mass is 19.1. The molecule has 0 aliphatic carbocycles. The molecule has 3 rings (SSSR count). The molecule has 1 fully saturated rings. The maximum Gasteiger partial charge on any atom is 0.326 e. The predicted molar refractivity (Wildman–Crippen MR) is 63.7 cm³/mol. The molecule has 1 aliphatic heterocycles. The van der Waals surface area contributed by atoms with Crippen LogP contribution in [0.2, 0.25) is 0 Å². The van der Waals surface area contributed by atoms with E-state index in [1.807, 2.05) is 7.05 Å². The van der Waals surface area contributed by atoms with Crippen molar-refractivity contribution in [3.8, 4) is 0 Å².